The van der Waals surface area contributed by atoms with Crippen LogP contribution in [0.1, 0.15) is 43.0 Å². The van der Waals surface area contributed by atoms with Gasteiger partial charge in [0.25, 0.3) is 0 Å². The van der Waals surface area contributed by atoms with E-state index in [2.05, 4.69) is 22.9 Å². The van der Waals surface area contributed by atoms with Crippen LogP contribution in [0.15, 0.2) is 22.7 Å². The first-order valence-corrected chi connectivity index (χ1v) is 6.60. The third kappa shape index (κ3) is 4.38. The molecule has 0 aromatic heterocycles. The topological polar surface area (TPSA) is 46.5 Å². The molecule has 3 nitrogen and oxygen atoms in total. The Bertz CT molecular complexity index is 377. The molecule has 1 aromatic rings. The van der Waals surface area contributed by atoms with Crippen LogP contribution >= 0.6 is 15.9 Å². The maximum atomic E-state index is 11.1. The molecule has 0 atom stereocenters. The molecule has 0 aliphatic heterocycles. The number of carbonyl (C=O) groups is 1. The van der Waals surface area contributed by atoms with E-state index in [0.717, 1.165) is 12.8 Å². The summed E-state index contributed by atoms with van der Waals surface area (Å²) in [6, 6.07) is 5.17. The Morgan fingerprint density at radius 3 is 2.76 bits per heavy atom. The van der Waals surface area contributed by atoms with Gasteiger partial charge in [-0.15, -0.1) is 0 Å². The molecule has 0 saturated carbocycles. The van der Waals surface area contributed by atoms with E-state index in [1.54, 1.807) is 18.2 Å². The number of hydrogen-bond donors (Lipinski definition) is 1. The Balaban J connectivity index is 2.58. The van der Waals surface area contributed by atoms with Gasteiger partial charge in [0.1, 0.15) is 11.3 Å². The largest absolute Gasteiger partial charge is 0.493 e. The van der Waals surface area contributed by atoms with Crippen molar-refractivity contribution in [2.75, 3.05) is 6.61 Å². The van der Waals surface area contributed by atoms with E-state index >= 15 is 0 Å². The molecule has 0 aliphatic carbocycles. The number of rotatable bonds is 7. The fraction of sp³-hybridized carbons (Fsp3) is 0.462. The van der Waals surface area contributed by atoms with E-state index in [4.69, 9.17) is 9.84 Å². The van der Waals surface area contributed by atoms with Gasteiger partial charge in [0.2, 0.25) is 0 Å². The summed E-state index contributed by atoms with van der Waals surface area (Å²) in [5.74, 6) is -0.538. The molecule has 0 heterocycles. The molecule has 0 bridgehead atoms. The van der Waals surface area contributed by atoms with Crippen LogP contribution < -0.4 is 4.74 Å². The number of hydrogen-bond acceptors (Lipinski definition) is 2. The second-order valence-corrected chi connectivity index (χ2v) is 4.68. The highest BCUT2D eigenvalue weighted by atomic mass is 79.9. The van der Waals surface area contributed by atoms with Crippen LogP contribution in [0.5, 0.6) is 5.75 Å². The normalized spacial score (nSPS) is 10.2. The molecule has 1 rings (SSSR count). The van der Waals surface area contributed by atoms with Crippen molar-refractivity contribution in [2.45, 2.75) is 32.6 Å². The summed E-state index contributed by atoms with van der Waals surface area (Å²) in [5.41, 5.74) is 0.197. The van der Waals surface area contributed by atoms with Gasteiger partial charge in [-0.2, -0.15) is 0 Å². The summed E-state index contributed by atoms with van der Waals surface area (Å²) in [6.45, 7) is 2.72. The molecular weight excluding hydrogens is 284 g/mol. The van der Waals surface area contributed by atoms with Gasteiger partial charge in [0.05, 0.1) is 6.61 Å². The van der Waals surface area contributed by atoms with Gasteiger partial charge < -0.3 is 9.84 Å². The number of benzene rings is 1. The minimum atomic E-state index is -0.971. The van der Waals surface area contributed by atoms with Crippen molar-refractivity contribution in [2.24, 2.45) is 0 Å². The van der Waals surface area contributed by atoms with Crippen LogP contribution in [0, 0.1) is 0 Å². The molecule has 17 heavy (non-hydrogen) atoms. The van der Waals surface area contributed by atoms with E-state index < -0.39 is 5.97 Å². The maximum absolute atomic E-state index is 11.1. The van der Waals surface area contributed by atoms with Crippen LogP contribution in [0.2, 0.25) is 0 Å². The Kier molecular flexibility index (Phi) is 6.05. The first-order valence-electron chi connectivity index (χ1n) is 5.81. The van der Waals surface area contributed by atoms with Crippen LogP contribution in [0.4, 0.5) is 0 Å². The van der Waals surface area contributed by atoms with E-state index in [9.17, 15) is 4.79 Å². The van der Waals surface area contributed by atoms with Gasteiger partial charge >= 0.3 is 5.97 Å². The van der Waals surface area contributed by atoms with Gasteiger partial charge in [-0.1, -0.05) is 32.3 Å². The Labute approximate surface area is 110 Å². The van der Waals surface area contributed by atoms with Gasteiger partial charge in [-0.25, -0.2) is 4.79 Å². The third-order valence-corrected chi connectivity index (χ3v) is 3.11. The third-order valence-electron chi connectivity index (χ3n) is 2.44. The van der Waals surface area contributed by atoms with Crippen LogP contribution in [-0.4, -0.2) is 17.7 Å². The van der Waals surface area contributed by atoms with Crippen molar-refractivity contribution in [3.8, 4) is 5.75 Å². The number of unbranched alkanes of at least 4 members (excludes halogenated alkanes) is 3. The Morgan fingerprint density at radius 2 is 2.12 bits per heavy atom. The van der Waals surface area contributed by atoms with Gasteiger partial charge in [-0.05, 0) is 34.5 Å². The zero-order valence-corrected chi connectivity index (χ0v) is 11.5. The summed E-state index contributed by atoms with van der Waals surface area (Å²) in [7, 11) is 0. The highest BCUT2D eigenvalue weighted by molar-refractivity contribution is 9.10. The predicted octanol–water partition coefficient (Wildman–Crippen LogP) is 4.11. The molecule has 4 heteroatoms. The highest BCUT2D eigenvalue weighted by Gasteiger charge is 2.14. The number of carboxylic acids is 1. The summed E-state index contributed by atoms with van der Waals surface area (Å²) in [5, 5.41) is 9.08. The zero-order chi connectivity index (χ0) is 12.7. The summed E-state index contributed by atoms with van der Waals surface area (Å²) >= 11 is 3.22. The molecule has 1 aromatic carbocycles. The second-order valence-electron chi connectivity index (χ2n) is 3.83. The highest BCUT2D eigenvalue weighted by Crippen LogP contribution is 2.26. The standard InChI is InChI=1S/C13H17BrO3/c1-2-3-4-5-9-17-11-8-6-7-10(14)12(11)13(15)16/h6-8H,2-5,9H2,1H3,(H,15,16). The van der Waals surface area contributed by atoms with Crippen molar-refractivity contribution in [1.82, 2.24) is 0 Å². The monoisotopic (exact) mass is 300 g/mol. The average molecular weight is 301 g/mol. The predicted molar refractivity (Wildman–Crippen MR) is 70.7 cm³/mol. The second kappa shape index (κ2) is 7.33. The average Bonchev–Trinajstić information content (AvgIpc) is 2.28. The molecule has 0 aliphatic rings. The van der Waals surface area contributed by atoms with Crippen molar-refractivity contribution in [3.63, 3.8) is 0 Å². The number of ether oxygens (including phenoxy) is 1. The van der Waals surface area contributed by atoms with E-state index in [1.807, 2.05) is 0 Å². The van der Waals surface area contributed by atoms with Gasteiger partial charge in [0, 0.05) is 4.47 Å². The van der Waals surface area contributed by atoms with Crippen molar-refractivity contribution < 1.29 is 14.6 Å². The molecule has 1 N–H and O–H groups in total. The lowest BCUT2D eigenvalue weighted by Gasteiger charge is -2.10. The molecule has 94 valence electrons. The first kappa shape index (κ1) is 14.0. The molecule has 0 unspecified atom stereocenters. The van der Waals surface area contributed by atoms with E-state index in [1.165, 1.54) is 12.8 Å². The minimum absolute atomic E-state index is 0.197. The lowest BCUT2D eigenvalue weighted by Crippen LogP contribution is -2.05. The quantitative estimate of drug-likeness (QED) is 0.771. The minimum Gasteiger partial charge on any atom is -0.493 e. The molecule has 0 fully saturated rings. The Hall–Kier alpha value is -1.03. The molecule has 0 radical (unpaired) electrons. The molecular formula is C13H17BrO3. The number of carboxylic acid groups (broad SMARTS) is 1. The van der Waals surface area contributed by atoms with Gasteiger partial charge in [0.15, 0.2) is 0 Å². The van der Waals surface area contributed by atoms with Crippen molar-refractivity contribution in [3.05, 3.63) is 28.2 Å². The molecule has 0 spiro atoms. The zero-order valence-electron chi connectivity index (χ0n) is 9.91. The SMILES string of the molecule is CCCCCCOc1cccc(Br)c1C(=O)O. The number of halogens is 1. The van der Waals surface area contributed by atoms with Crippen molar-refractivity contribution >= 4 is 21.9 Å². The smallest absolute Gasteiger partial charge is 0.340 e. The van der Waals surface area contributed by atoms with Gasteiger partial charge in [-0.3, -0.25) is 0 Å². The maximum Gasteiger partial charge on any atom is 0.340 e. The van der Waals surface area contributed by atoms with E-state index in [0.29, 0.717) is 16.8 Å². The number of aromatic carboxylic acids is 1. The summed E-state index contributed by atoms with van der Waals surface area (Å²) in [4.78, 5) is 11.1. The van der Waals surface area contributed by atoms with Crippen molar-refractivity contribution in [1.29, 1.82) is 0 Å². The molecule has 0 saturated heterocycles. The van der Waals surface area contributed by atoms with E-state index in [-0.39, 0.29) is 5.56 Å². The lowest BCUT2D eigenvalue weighted by molar-refractivity contribution is 0.0691. The summed E-state index contributed by atoms with van der Waals surface area (Å²) in [6.07, 6.45) is 4.44. The fourth-order valence-electron chi connectivity index (χ4n) is 1.54. The summed E-state index contributed by atoms with van der Waals surface area (Å²) < 4.78 is 6.07. The fourth-order valence-corrected chi connectivity index (χ4v) is 2.06. The van der Waals surface area contributed by atoms with Crippen LogP contribution in [0.3, 0.4) is 0 Å². The van der Waals surface area contributed by atoms with Crippen LogP contribution in [0.25, 0.3) is 0 Å². The first-order chi connectivity index (χ1) is 8.16. The Morgan fingerprint density at radius 1 is 1.35 bits per heavy atom. The van der Waals surface area contributed by atoms with Crippen LogP contribution in [-0.2, 0) is 0 Å². The molecule has 0 amide bonds. The lowest BCUT2D eigenvalue weighted by atomic mass is 10.2.